The molecule has 31 heavy (non-hydrogen) atoms. The Labute approximate surface area is 205 Å². The average molecular weight is 564 g/mol. The van der Waals surface area contributed by atoms with Crippen molar-refractivity contribution in [3.05, 3.63) is 97.5 Å². The van der Waals surface area contributed by atoms with E-state index in [1.165, 1.54) is 10.8 Å². The van der Waals surface area contributed by atoms with Crippen molar-refractivity contribution in [2.45, 2.75) is 13.2 Å². The fraction of sp³-hybridized carbons (Fsp3) is 0.120. The maximum absolute atomic E-state index is 6.26. The van der Waals surface area contributed by atoms with Gasteiger partial charge < -0.3 is 14.8 Å². The van der Waals surface area contributed by atoms with E-state index in [0.717, 1.165) is 26.1 Å². The lowest BCUT2D eigenvalue weighted by molar-refractivity contribution is 0.283. The summed E-state index contributed by atoms with van der Waals surface area (Å²) in [5, 5.41) is 6.94. The molecule has 6 heteroatoms. The van der Waals surface area contributed by atoms with E-state index in [-0.39, 0.29) is 0 Å². The summed E-state index contributed by atoms with van der Waals surface area (Å²) >= 11 is 14.5. The summed E-state index contributed by atoms with van der Waals surface area (Å²) in [5.74, 6) is 1.44. The second-order valence-corrected chi connectivity index (χ2v) is 9.02. The second kappa shape index (κ2) is 9.98. The Morgan fingerprint density at radius 2 is 1.74 bits per heavy atom. The average Bonchev–Trinajstić information content (AvgIpc) is 2.77. The molecular formula is C25H20Cl2INO2. The van der Waals surface area contributed by atoms with Crippen LogP contribution < -0.4 is 14.8 Å². The molecule has 0 saturated heterocycles. The molecule has 0 fully saturated rings. The van der Waals surface area contributed by atoms with Gasteiger partial charge in [0, 0.05) is 11.6 Å². The van der Waals surface area contributed by atoms with Crippen molar-refractivity contribution in [2.75, 3.05) is 12.4 Å². The Morgan fingerprint density at radius 3 is 2.55 bits per heavy atom. The number of nitrogens with one attached hydrogen (secondary N) is 1. The Hall–Kier alpha value is -2.15. The normalized spacial score (nSPS) is 10.8. The number of anilines is 1. The third-order valence-electron chi connectivity index (χ3n) is 4.96. The van der Waals surface area contributed by atoms with Crippen molar-refractivity contribution in [1.29, 1.82) is 0 Å². The Kier molecular flexibility index (Phi) is 7.10. The number of hydrogen-bond donors (Lipinski definition) is 1. The van der Waals surface area contributed by atoms with Gasteiger partial charge in [-0.15, -0.1) is 0 Å². The predicted octanol–water partition coefficient (Wildman–Crippen LogP) is 7.95. The molecule has 0 radical (unpaired) electrons. The molecule has 158 valence electrons. The highest BCUT2D eigenvalue weighted by Gasteiger charge is 2.13. The molecule has 0 amide bonds. The van der Waals surface area contributed by atoms with E-state index in [1.54, 1.807) is 13.2 Å². The molecule has 0 unspecified atom stereocenters. The van der Waals surface area contributed by atoms with Crippen molar-refractivity contribution in [1.82, 2.24) is 0 Å². The molecule has 0 saturated carbocycles. The zero-order valence-electron chi connectivity index (χ0n) is 16.8. The molecule has 0 atom stereocenters. The van der Waals surface area contributed by atoms with Crippen LogP contribution in [0.15, 0.2) is 72.8 Å². The summed E-state index contributed by atoms with van der Waals surface area (Å²) in [6, 6.07) is 24.0. The molecule has 4 aromatic carbocycles. The van der Waals surface area contributed by atoms with E-state index in [4.69, 9.17) is 32.7 Å². The summed E-state index contributed by atoms with van der Waals surface area (Å²) < 4.78 is 12.8. The molecule has 1 N–H and O–H groups in total. The molecule has 0 aromatic heterocycles. The first-order valence-corrected chi connectivity index (χ1v) is 11.5. The third kappa shape index (κ3) is 5.20. The molecule has 0 aliphatic carbocycles. The fourth-order valence-corrected chi connectivity index (χ4v) is 4.71. The SMILES string of the molecule is COc1cc(CNc2ccc(Cl)cc2Cl)cc(I)c1OCc1cccc2ccccc12. The van der Waals surface area contributed by atoms with Crippen LogP contribution in [0.4, 0.5) is 5.69 Å². The molecule has 0 spiro atoms. The summed E-state index contributed by atoms with van der Waals surface area (Å²) in [6.45, 7) is 1.06. The first kappa shape index (κ1) is 22.1. The van der Waals surface area contributed by atoms with Crippen LogP contribution in [0.3, 0.4) is 0 Å². The Morgan fingerprint density at radius 1 is 0.935 bits per heavy atom. The number of ether oxygens (including phenoxy) is 2. The number of rotatable bonds is 7. The second-order valence-electron chi connectivity index (χ2n) is 7.01. The van der Waals surface area contributed by atoms with Crippen molar-refractivity contribution in [3.63, 3.8) is 0 Å². The molecule has 0 aliphatic heterocycles. The first-order valence-electron chi connectivity index (χ1n) is 9.70. The van der Waals surface area contributed by atoms with Gasteiger partial charge in [-0.05, 0) is 74.8 Å². The van der Waals surface area contributed by atoms with Crippen molar-refractivity contribution in [2.24, 2.45) is 0 Å². The van der Waals surface area contributed by atoms with Crippen LogP contribution in [-0.2, 0) is 13.2 Å². The number of halogens is 3. The summed E-state index contributed by atoms with van der Waals surface area (Å²) in [6.07, 6.45) is 0. The van der Waals surface area contributed by atoms with Gasteiger partial charge in [-0.25, -0.2) is 0 Å². The molecule has 0 aliphatic rings. The van der Waals surface area contributed by atoms with Gasteiger partial charge in [0.2, 0.25) is 0 Å². The fourth-order valence-electron chi connectivity index (χ4n) is 3.41. The van der Waals surface area contributed by atoms with Gasteiger partial charge >= 0.3 is 0 Å². The van der Waals surface area contributed by atoms with Crippen LogP contribution in [-0.4, -0.2) is 7.11 Å². The molecule has 4 aromatic rings. The minimum Gasteiger partial charge on any atom is -0.493 e. The van der Waals surface area contributed by atoms with E-state index in [1.807, 2.05) is 30.3 Å². The van der Waals surface area contributed by atoms with Crippen LogP contribution in [0.25, 0.3) is 10.8 Å². The van der Waals surface area contributed by atoms with Crippen LogP contribution in [0.1, 0.15) is 11.1 Å². The molecule has 3 nitrogen and oxygen atoms in total. The lowest BCUT2D eigenvalue weighted by Gasteiger charge is -2.16. The van der Waals surface area contributed by atoms with Crippen LogP contribution in [0.5, 0.6) is 11.5 Å². The highest BCUT2D eigenvalue weighted by Crippen LogP contribution is 2.35. The quantitative estimate of drug-likeness (QED) is 0.231. The lowest BCUT2D eigenvalue weighted by atomic mass is 10.1. The lowest BCUT2D eigenvalue weighted by Crippen LogP contribution is -2.04. The van der Waals surface area contributed by atoms with Crippen molar-refractivity contribution in [3.8, 4) is 11.5 Å². The molecule has 4 rings (SSSR count). The largest absolute Gasteiger partial charge is 0.493 e. The maximum Gasteiger partial charge on any atom is 0.174 e. The Bertz CT molecular complexity index is 1220. The highest BCUT2D eigenvalue weighted by molar-refractivity contribution is 14.1. The smallest absolute Gasteiger partial charge is 0.174 e. The standard InChI is InChI=1S/C25H20Cl2INO2/c1-30-24-12-16(14-29-23-10-9-19(26)13-21(23)27)11-22(28)25(24)31-15-18-7-4-6-17-5-2-3-8-20(17)18/h2-13,29H,14-15H2,1H3. The van der Waals surface area contributed by atoms with Gasteiger partial charge in [-0.2, -0.15) is 0 Å². The van der Waals surface area contributed by atoms with E-state index >= 15 is 0 Å². The number of methoxy groups -OCH3 is 1. The zero-order chi connectivity index (χ0) is 21.8. The molecule has 0 bridgehead atoms. The van der Waals surface area contributed by atoms with Gasteiger partial charge in [0.15, 0.2) is 11.5 Å². The van der Waals surface area contributed by atoms with Gasteiger partial charge in [0.25, 0.3) is 0 Å². The summed E-state index contributed by atoms with van der Waals surface area (Å²) in [5.41, 5.74) is 3.03. The van der Waals surface area contributed by atoms with E-state index in [2.05, 4.69) is 64.3 Å². The predicted molar refractivity (Wildman–Crippen MR) is 138 cm³/mol. The van der Waals surface area contributed by atoms with Crippen LogP contribution in [0, 0.1) is 3.57 Å². The van der Waals surface area contributed by atoms with Crippen LogP contribution in [0.2, 0.25) is 10.0 Å². The van der Waals surface area contributed by atoms with E-state index < -0.39 is 0 Å². The van der Waals surface area contributed by atoms with Crippen molar-refractivity contribution >= 4 is 62.3 Å². The number of benzene rings is 4. The highest BCUT2D eigenvalue weighted by atomic mass is 127. The van der Waals surface area contributed by atoms with E-state index in [0.29, 0.717) is 28.9 Å². The summed E-state index contributed by atoms with van der Waals surface area (Å²) in [4.78, 5) is 0. The molecule has 0 heterocycles. The van der Waals surface area contributed by atoms with Crippen molar-refractivity contribution < 1.29 is 9.47 Å². The van der Waals surface area contributed by atoms with Gasteiger partial charge in [0.1, 0.15) is 6.61 Å². The summed E-state index contributed by atoms with van der Waals surface area (Å²) in [7, 11) is 1.66. The number of hydrogen-bond acceptors (Lipinski definition) is 3. The van der Waals surface area contributed by atoms with E-state index in [9.17, 15) is 0 Å². The topological polar surface area (TPSA) is 30.5 Å². The van der Waals surface area contributed by atoms with Gasteiger partial charge in [-0.3, -0.25) is 0 Å². The van der Waals surface area contributed by atoms with Gasteiger partial charge in [0.05, 0.1) is 21.4 Å². The minimum atomic E-state index is 0.464. The van der Waals surface area contributed by atoms with Gasteiger partial charge in [-0.1, -0.05) is 65.7 Å². The Balaban J connectivity index is 1.52. The zero-order valence-corrected chi connectivity index (χ0v) is 20.5. The number of fused-ring (bicyclic) bond motifs is 1. The third-order valence-corrected chi connectivity index (χ3v) is 6.30. The minimum absolute atomic E-state index is 0.464. The molecular weight excluding hydrogens is 544 g/mol. The van der Waals surface area contributed by atoms with Crippen LogP contribution >= 0.6 is 45.8 Å². The maximum atomic E-state index is 6.26. The monoisotopic (exact) mass is 563 g/mol. The first-order chi connectivity index (χ1) is 15.0.